The monoisotopic (exact) mass is 242 g/mol. The predicted octanol–water partition coefficient (Wildman–Crippen LogP) is 1.71. The maximum atomic E-state index is 9.99. The summed E-state index contributed by atoms with van der Waals surface area (Å²) in [6.45, 7) is 12.7. The van der Waals surface area contributed by atoms with Crippen molar-refractivity contribution < 1.29 is 5.11 Å². The zero-order valence-corrected chi connectivity index (χ0v) is 11.9. The first-order valence-corrected chi connectivity index (χ1v) is 7.11. The van der Waals surface area contributed by atoms with E-state index in [-0.39, 0.29) is 6.10 Å². The Labute approximate surface area is 107 Å². The Morgan fingerprint density at radius 1 is 1.29 bits per heavy atom. The molecule has 3 unspecified atom stereocenters. The van der Waals surface area contributed by atoms with Crippen molar-refractivity contribution in [2.45, 2.75) is 52.7 Å². The third-order valence-corrected chi connectivity index (χ3v) is 3.65. The molecule has 1 heterocycles. The Morgan fingerprint density at radius 2 is 2.00 bits per heavy atom. The molecule has 1 rings (SSSR count). The van der Waals surface area contributed by atoms with Gasteiger partial charge in [0.15, 0.2) is 0 Å². The number of hydrogen-bond acceptors (Lipinski definition) is 3. The normalized spacial score (nSPS) is 28.6. The predicted molar refractivity (Wildman–Crippen MR) is 73.1 cm³/mol. The van der Waals surface area contributed by atoms with Crippen molar-refractivity contribution in [1.82, 2.24) is 10.2 Å². The Kier molecular flexibility index (Phi) is 6.45. The lowest BCUT2D eigenvalue weighted by atomic mass is 9.93. The molecule has 0 radical (unpaired) electrons. The van der Waals surface area contributed by atoms with E-state index in [0.29, 0.717) is 12.0 Å². The number of nitrogens with one attached hydrogen (secondary N) is 1. The van der Waals surface area contributed by atoms with Gasteiger partial charge in [0, 0.05) is 19.1 Å². The molecule has 3 atom stereocenters. The number of β-amino-alcohol motifs (C(OH)–C–C–N with tert-alkyl or cyclic N) is 1. The number of piperidine rings is 1. The van der Waals surface area contributed by atoms with Crippen LogP contribution in [-0.2, 0) is 0 Å². The average Bonchev–Trinajstić information content (AvgIpc) is 2.21. The molecular weight excluding hydrogens is 212 g/mol. The summed E-state index contributed by atoms with van der Waals surface area (Å²) >= 11 is 0. The highest BCUT2D eigenvalue weighted by molar-refractivity contribution is 4.79. The fraction of sp³-hybridized carbons (Fsp3) is 1.00. The first kappa shape index (κ1) is 14.9. The highest BCUT2D eigenvalue weighted by Crippen LogP contribution is 2.21. The van der Waals surface area contributed by atoms with Gasteiger partial charge in [-0.3, -0.25) is 4.90 Å². The van der Waals surface area contributed by atoms with Crippen LogP contribution in [0.25, 0.3) is 0 Å². The molecule has 1 saturated heterocycles. The molecule has 3 nitrogen and oxygen atoms in total. The molecular formula is C14H30N2O. The van der Waals surface area contributed by atoms with Crippen molar-refractivity contribution in [1.29, 1.82) is 0 Å². The summed E-state index contributed by atoms with van der Waals surface area (Å²) < 4.78 is 0. The summed E-state index contributed by atoms with van der Waals surface area (Å²) in [6.07, 6.45) is 2.31. The molecule has 3 heteroatoms. The second-order valence-corrected chi connectivity index (χ2v) is 6.18. The van der Waals surface area contributed by atoms with Gasteiger partial charge in [-0.1, -0.05) is 20.8 Å². The van der Waals surface area contributed by atoms with E-state index < -0.39 is 0 Å². The molecule has 17 heavy (non-hydrogen) atoms. The lowest BCUT2D eigenvalue weighted by molar-refractivity contribution is 0.0601. The van der Waals surface area contributed by atoms with Crippen LogP contribution in [0.15, 0.2) is 0 Å². The van der Waals surface area contributed by atoms with E-state index in [0.717, 1.165) is 32.1 Å². The largest absolute Gasteiger partial charge is 0.390 e. The van der Waals surface area contributed by atoms with Crippen molar-refractivity contribution in [3.63, 3.8) is 0 Å². The minimum Gasteiger partial charge on any atom is -0.390 e. The van der Waals surface area contributed by atoms with Gasteiger partial charge in [-0.15, -0.1) is 0 Å². The van der Waals surface area contributed by atoms with E-state index in [1.807, 2.05) is 0 Å². The van der Waals surface area contributed by atoms with Crippen molar-refractivity contribution in [2.75, 3.05) is 26.2 Å². The third kappa shape index (κ3) is 5.84. The van der Waals surface area contributed by atoms with Crippen LogP contribution in [-0.4, -0.2) is 48.3 Å². The third-order valence-electron chi connectivity index (χ3n) is 3.65. The molecule has 0 bridgehead atoms. The van der Waals surface area contributed by atoms with Gasteiger partial charge < -0.3 is 10.4 Å². The summed E-state index contributed by atoms with van der Waals surface area (Å²) in [5, 5.41) is 13.3. The van der Waals surface area contributed by atoms with Crippen LogP contribution in [0.5, 0.6) is 0 Å². The highest BCUT2D eigenvalue weighted by atomic mass is 16.3. The van der Waals surface area contributed by atoms with Crippen LogP contribution in [0.2, 0.25) is 0 Å². The van der Waals surface area contributed by atoms with Gasteiger partial charge in [0.25, 0.3) is 0 Å². The van der Waals surface area contributed by atoms with E-state index in [4.69, 9.17) is 0 Å². The molecule has 0 aromatic heterocycles. The Morgan fingerprint density at radius 3 is 2.59 bits per heavy atom. The Hall–Kier alpha value is -0.120. The first-order chi connectivity index (χ1) is 7.99. The van der Waals surface area contributed by atoms with Crippen LogP contribution in [0.1, 0.15) is 40.5 Å². The quantitative estimate of drug-likeness (QED) is 0.744. The van der Waals surface area contributed by atoms with Crippen molar-refractivity contribution in [3.8, 4) is 0 Å². The molecule has 0 amide bonds. The highest BCUT2D eigenvalue weighted by Gasteiger charge is 2.24. The lowest BCUT2D eigenvalue weighted by Crippen LogP contribution is -2.46. The molecule has 0 saturated carbocycles. The number of likely N-dealkylation sites (tertiary alicyclic amines) is 1. The second-order valence-electron chi connectivity index (χ2n) is 6.18. The van der Waals surface area contributed by atoms with E-state index in [1.165, 1.54) is 12.8 Å². The van der Waals surface area contributed by atoms with Crippen LogP contribution < -0.4 is 5.32 Å². The summed E-state index contributed by atoms with van der Waals surface area (Å²) in [4.78, 5) is 2.43. The molecule has 0 spiro atoms. The molecule has 1 aliphatic heterocycles. The summed E-state index contributed by atoms with van der Waals surface area (Å²) in [6, 6.07) is 0.624. The first-order valence-electron chi connectivity index (χ1n) is 7.11. The zero-order chi connectivity index (χ0) is 12.8. The number of aliphatic hydroxyl groups is 1. The minimum absolute atomic E-state index is 0.232. The molecule has 2 N–H and O–H groups in total. The fourth-order valence-corrected chi connectivity index (χ4v) is 2.60. The maximum absolute atomic E-state index is 9.99. The molecule has 0 aromatic rings. The van der Waals surface area contributed by atoms with Gasteiger partial charge in [-0.05, 0) is 44.7 Å². The minimum atomic E-state index is -0.232. The van der Waals surface area contributed by atoms with Gasteiger partial charge in [-0.2, -0.15) is 0 Å². The zero-order valence-electron chi connectivity index (χ0n) is 11.9. The van der Waals surface area contributed by atoms with Crippen LogP contribution in [0.4, 0.5) is 0 Å². The maximum Gasteiger partial charge on any atom is 0.0791 e. The summed E-state index contributed by atoms with van der Waals surface area (Å²) in [5.74, 6) is 1.49. The second kappa shape index (κ2) is 7.34. The number of nitrogens with zero attached hydrogens (tertiary/aromatic N) is 1. The van der Waals surface area contributed by atoms with Gasteiger partial charge in [0.2, 0.25) is 0 Å². The lowest BCUT2D eigenvalue weighted by Gasteiger charge is -2.37. The SMILES string of the molecule is CC(C)CNCC(O)CN1CCC(C)CC1C. The molecule has 1 fully saturated rings. The van der Waals surface area contributed by atoms with Gasteiger partial charge in [0.1, 0.15) is 0 Å². The van der Waals surface area contributed by atoms with E-state index in [2.05, 4.69) is 37.9 Å². The van der Waals surface area contributed by atoms with Gasteiger partial charge >= 0.3 is 0 Å². The van der Waals surface area contributed by atoms with Gasteiger partial charge in [0.05, 0.1) is 6.10 Å². The van der Waals surface area contributed by atoms with Crippen molar-refractivity contribution in [3.05, 3.63) is 0 Å². The average molecular weight is 242 g/mol. The van der Waals surface area contributed by atoms with E-state index >= 15 is 0 Å². The summed E-state index contributed by atoms with van der Waals surface area (Å²) in [5.41, 5.74) is 0. The Balaban J connectivity index is 2.19. The van der Waals surface area contributed by atoms with Crippen LogP contribution >= 0.6 is 0 Å². The molecule has 102 valence electrons. The molecule has 1 aliphatic rings. The smallest absolute Gasteiger partial charge is 0.0791 e. The number of rotatable bonds is 6. The Bertz CT molecular complexity index is 208. The van der Waals surface area contributed by atoms with Crippen LogP contribution in [0, 0.1) is 11.8 Å². The molecule has 0 aliphatic carbocycles. The standard InChI is InChI=1S/C14H30N2O/c1-11(2)8-15-9-14(17)10-16-6-5-12(3)7-13(16)4/h11-15,17H,5-10H2,1-4H3. The topological polar surface area (TPSA) is 35.5 Å². The van der Waals surface area contributed by atoms with Crippen molar-refractivity contribution >= 4 is 0 Å². The van der Waals surface area contributed by atoms with E-state index in [9.17, 15) is 5.11 Å². The number of aliphatic hydroxyl groups excluding tert-OH is 1. The fourth-order valence-electron chi connectivity index (χ4n) is 2.60. The molecule has 0 aromatic carbocycles. The van der Waals surface area contributed by atoms with Gasteiger partial charge in [-0.25, -0.2) is 0 Å². The van der Waals surface area contributed by atoms with Crippen LogP contribution in [0.3, 0.4) is 0 Å². The van der Waals surface area contributed by atoms with E-state index in [1.54, 1.807) is 0 Å². The summed E-state index contributed by atoms with van der Waals surface area (Å²) in [7, 11) is 0. The number of hydrogen-bond donors (Lipinski definition) is 2. The van der Waals surface area contributed by atoms with Crippen molar-refractivity contribution in [2.24, 2.45) is 11.8 Å².